The summed E-state index contributed by atoms with van der Waals surface area (Å²) in [5.41, 5.74) is 9.42. The Morgan fingerprint density at radius 1 is 1.18 bits per heavy atom. The first-order valence-corrected chi connectivity index (χ1v) is 9.23. The van der Waals surface area contributed by atoms with Crippen molar-refractivity contribution >= 4 is 23.4 Å². The summed E-state index contributed by atoms with van der Waals surface area (Å²) < 4.78 is 7.48. The highest BCUT2D eigenvalue weighted by Crippen LogP contribution is 2.38. The minimum atomic E-state index is -0.455. The van der Waals surface area contributed by atoms with Crippen molar-refractivity contribution in [1.29, 1.82) is 0 Å². The van der Waals surface area contributed by atoms with E-state index in [1.165, 1.54) is 0 Å². The number of aromatic nitrogens is 5. The second-order valence-corrected chi connectivity index (χ2v) is 7.05. The van der Waals surface area contributed by atoms with E-state index in [0.29, 0.717) is 11.7 Å². The summed E-state index contributed by atoms with van der Waals surface area (Å²) in [7, 11) is 0. The summed E-state index contributed by atoms with van der Waals surface area (Å²) in [5.74, 6) is 1.04. The molecule has 4 aromatic rings. The predicted octanol–water partition coefficient (Wildman–Crippen LogP) is 3.93. The number of aryl methyl sites for hydroxylation is 1. The van der Waals surface area contributed by atoms with Crippen molar-refractivity contribution in [3.05, 3.63) is 48.4 Å². The Kier molecular flexibility index (Phi) is 4.64. The zero-order valence-corrected chi connectivity index (χ0v) is 16.3. The molecule has 0 unspecified atom stereocenters. The van der Waals surface area contributed by atoms with Crippen LogP contribution in [0.15, 0.2) is 47.1 Å². The molecule has 0 amide bonds. The Bertz CT molecular complexity index is 1120. The molecule has 1 saturated carbocycles. The maximum Gasteiger partial charge on any atom is 0.258 e. The smallest absolute Gasteiger partial charge is 0.258 e. The predicted molar refractivity (Wildman–Crippen MR) is 109 cm³/mol. The SMILES string of the molecule is CCn1ncc2c(-c3nc(C4(N)CCC4)no3)cc(-c3ccccc3)nc21.Cl. The number of halogens is 1. The zero-order valence-electron chi connectivity index (χ0n) is 15.5. The molecule has 144 valence electrons. The Morgan fingerprint density at radius 2 is 1.96 bits per heavy atom. The minimum Gasteiger partial charge on any atom is -0.334 e. The van der Waals surface area contributed by atoms with Crippen molar-refractivity contribution in [2.45, 2.75) is 38.3 Å². The van der Waals surface area contributed by atoms with Gasteiger partial charge in [-0.25, -0.2) is 9.67 Å². The zero-order chi connectivity index (χ0) is 18.4. The van der Waals surface area contributed by atoms with Gasteiger partial charge in [-0.15, -0.1) is 12.4 Å². The number of rotatable bonds is 4. The van der Waals surface area contributed by atoms with Crippen molar-refractivity contribution in [2.24, 2.45) is 5.73 Å². The van der Waals surface area contributed by atoms with Crippen LogP contribution in [-0.2, 0) is 12.1 Å². The molecule has 0 spiro atoms. The van der Waals surface area contributed by atoms with Gasteiger partial charge in [0.25, 0.3) is 5.89 Å². The van der Waals surface area contributed by atoms with Gasteiger partial charge in [-0.2, -0.15) is 10.1 Å². The van der Waals surface area contributed by atoms with Crippen LogP contribution in [0.5, 0.6) is 0 Å². The summed E-state index contributed by atoms with van der Waals surface area (Å²) in [4.78, 5) is 9.46. The molecule has 7 nitrogen and oxygen atoms in total. The maximum atomic E-state index is 6.36. The lowest BCUT2D eigenvalue weighted by Crippen LogP contribution is -2.44. The average Bonchev–Trinajstić information content (AvgIpc) is 3.33. The van der Waals surface area contributed by atoms with E-state index in [9.17, 15) is 0 Å². The molecule has 3 aromatic heterocycles. The van der Waals surface area contributed by atoms with Gasteiger partial charge < -0.3 is 10.3 Å². The van der Waals surface area contributed by atoms with E-state index in [2.05, 4.69) is 15.2 Å². The number of pyridine rings is 1. The first-order valence-electron chi connectivity index (χ1n) is 9.23. The number of nitrogens with two attached hydrogens (primary N) is 1. The lowest BCUT2D eigenvalue weighted by molar-refractivity contribution is 0.229. The van der Waals surface area contributed by atoms with Crippen LogP contribution in [0.3, 0.4) is 0 Å². The molecule has 3 heterocycles. The maximum absolute atomic E-state index is 6.36. The van der Waals surface area contributed by atoms with Crippen LogP contribution in [0, 0.1) is 0 Å². The Labute approximate surface area is 168 Å². The summed E-state index contributed by atoms with van der Waals surface area (Å²) >= 11 is 0. The van der Waals surface area contributed by atoms with E-state index in [-0.39, 0.29) is 12.4 Å². The van der Waals surface area contributed by atoms with E-state index in [4.69, 9.17) is 15.2 Å². The average molecular weight is 397 g/mol. The van der Waals surface area contributed by atoms with Crippen molar-refractivity contribution < 1.29 is 4.52 Å². The summed E-state index contributed by atoms with van der Waals surface area (Å²) in [5, 5.41) is 9.52. The standard InChI is InChI=1S/C20H20N6O.ClH/c1-2-26-17-15(12-22-26)14(11-16(23-17)13-7-4-3-5-8-13)18-24-19(25-27-18)20(21)9-6-10-20;/h3-5,7-8,11-12H,2,6,9-10,21H2,1H3;1H. The van der Waals surface area contributed by atoms with Gasteiger partial charge in [-0.05, 0) is 32.3 Å². The molecule has 0 aliphatic heterocycles. The lowest BCUT2D eigenvalue weighted by atomic mass is 9.77. The number of hydrogen-bond donors (Lipinski definition) is 1. The quantitative estimate of drug-likeness (QED) is 0.561. The third kappa shape index (κ3) is 2.87. The van der Waals surface area contributed by atoms with Crippen LogP contribution in [0.1, 0.15) is 32.0 Å². The number of fused-ring (bicyclic) bond motifs is 1. The van der Waals surface area contributed by atoms with Crippen molar-refractivity contribution in [3.8, 4) is 22.7 Å². The van der Waals surface area contributed by atoms with E-state index >= 15 is 0 Å². The van der Waals surface area contributed by atoms with Crippen LogP contribution >= 0.6 is 12.4 Å². The van der Waals surface area contributed by atoms with E-state index in [0.717, 1.165) is 53.7 Å². The molecule has 0 atom stereocenters. The molecular weight excluding hydrogens is 376 g/mol. The molecule has 0 radical (unpaired) electrons. The first kappa shape index (κ1) is 18.6. The van der Waals surface area contributed by atoms with Gasteiger partial charge >= 0.3 is 0 Å². The molecule has 1 aliphatic rings. The molecule has 0 saturated heterocycles. The molecule has 28 heavy (non-hydrogen) atoms. The van der Waals surface area contributed by atoms with Gasteiger partial charge in [-0.3, -0.25) is 0 Å². The molecule has 8 heteroatoms. The highest BCUT2D eigenvalue weighted by Gasteiger charge is 2.39. The summed E-state index contributed by atoms with van der Waals surface area (Å²) in [6.07, 6.45) is 4.68. The van der Waals surface area contributed by atoms with Gasteiger partial charge in [0.1, 0.15) is 0 Å². The summed E-state index contributed by atoms with van der Waals surface area (Å²) in [6, 6.07) is 12.0. The second kappa shape index (κ2) is 7.00. The van der Waals surface area contributed by atoms with Crippen molar-refractivity contribution in [3.63, 3.8) is 0 Å². The first-order chi connectivity index (χ1) is 13.2. The van der Waals surface area contributed by atoms with Crippen LogP contribution in [0.25, 0.3) is 33.7 Å². The largest absolute Gasteiger partial charge is 0.334 e. The molecule has 1 aliphatic carbocycles. The van der Waals surface area contributed by atoms with Crippen LogP contribution in [0.4, 0.5) is 0 Å². The van der Waals surface area contributed by atoms with E-state index in [1.807, 2.05) is 48.0 Å². The lowest BCUT2D eigenvalue weighted by Gasteiger charge is -2.34. The van der Waals surface area contributed by atoms with Crippen molar-refractivity contribution in [1.82, 2.24) is 24.9 Å². The molecule has 1 fully saturated rings. The Hall–Kier alpha value is -2.77. The highest BCUT2D eigenvalue weighted by atomic mass is 35.5. The van der Waals surface area contributed by atoms with Crippen LogP contribution in [-0.4, -0.2) is 24.9 Å². The monoisotopic (exact) mass is 396 g/mol. The fourth-order valence-electron chi connectivity index (χ4n) is 3.53. The van der Waals surface area contributed by atoms with Gasteiger partial charge in [0.15, 0.2) is 11.5 Å². The topological polar surface area (TPSA) is 95.7 Å². The third-order valence-electron chi connectivity index (χ3n) is 5.33. The molecular formula is C20H21ClN6O. The van der Waals surface area contributed by atoms with Crippen LogP contribution < -0.4 is 5.73 Å². The molecule has 0 bridgehead atoms. The van der Waals surface area contributed by atoms with Gasteiger partial charge in [0, 0.05) is 12.1 Å². The minimum absolute atomic E-state index is 0. The number of hydrogen-bond acceptors (Lipinski definition) is 6. The molecule has 1 aromatic carbocycles. The fourth-order valence-corrected chi connectivity index (χ4v) is 3.53. The van der Waals surface area contributed by atoms with Gasteiger partial charge in [-0.1, -0.05) is 35.5 Å². The van der Waals surface area contributed by atoms with Crippen LogP contribution in [0.2, 0.25) is 0 Å². The number of nitrogens with zero attached hydrogens (tertiary/aromatic N) is 5. The molecule has 2 N–H and O–H groups in total. The third-order valence-corrected chi connectivity index (χ3v) is 5.33. The summed E-state index contributed by atoms with van der Waals surface area (Å²) in [6.45, 7) is 2.78. The van der Waals surface area contributed by atoms with Crippen molar-refractivity contribution in [2.75, 3.05) is 0 Å². The van der Waals surface area contributed by atoms with Gasteiger partial charge in [0.05, 0.1) is 28.4 Å². The van der Waals surface area contributed by atoms with E-state index < -0.39 is 5.54 Å². The Balaban J connectivity index is 0.00000192. The fraction of sp³-hybridized carbons (Fsp3) is 0.300. The Morgan fingerprint density at radius 3 is 2.64 bits per heavy atom. The van der Waals surface area contributed by atoms with E-state index in [1.54, 1.807) is 6.20 Å². The second-order valence-electron chi connectivity index (χ2n) is 7.05. The highest BCUT2D eigenvalue weighted by molar-refractivity contribution is 5.92. The molecule has 5 rings (SSSR count). The number of benzene rings is 1. The normalized spacial score (nSPS) is 15.2. The van der Waals surface area contributed by atoms with Gasteiger partial charge in [0.2, 0.25) is 0 Å².